The molecule has 4 aromatic heterocycles. The lowest BCUT2D eigenvalue weighted by Crippen LogP contribution is -2.20. The lowest BCUT2D eigenvalue weighted by Gasteiger charge is -2.03. The van der Waals surface area contributed by atoms with E-state index in [0.29, 0.717) is 34.5 Å². The summed E-state index contributed by atoms with van der Waals surface area (Å²) < 4.78 is 1.55. The Balaban J connectivity index is 1.77. The predicted molar refractivity (Wildman–Crippen MR) is 90.3 cm³/mol. The molecule has 0 aliphatic carbocycles. The van der Waals surface area contributed by atoms with Gasteiger partial charge >= 0.3 is 0 Å². The highest BCUT2D eigenvalue weighted by atomic mass is 16.1. The van der Waals surface area contributed by atoms with Gasteiger partial charge in [0.1, 0.15) is 16.9 Å². The fourth-order valence-electron chi connectivity index (χ4n) is 2.86. The van der Waals surface area contributed by atoms with Crippen LogP contribution in [0.25, 0.3) is 22.1 Å². The van der Waals surface area contributed by atoms with E-state index < -0.39 is 0 Å². The fourth-order valence-corrected chi connectivity index (χ4v) is 2.86. The minimum atomic E-state index is -0.190. The Morgan fingerprint density at radius 1 is 1.38 bits per heavy atom. The van der Waals surface area contributed by atoms with Crippen molar-refractivity contribution < 1.29 is 4.79 Å². The van der Waals surface area contributed by atoms with E-state index in [1.54, 1.807) is 29.2 Å². The number of rotatable bonds is 3. The van der Waals surface area contributed by atoms with Crippen LogP contribution < -0.4 is 5.56 Å². The third-order valence-electron chi connectivity index (χ3n) is 4.04. The molecule has 7 heteroatoms. The lowest BCUT2D eigenvalue weighted by molar-refractivity contribution is 0.101. The number of pyridine rings is 2. The number of carbonyl (C=O) groups is 1. The summed E-state index contributed by atoms with van der Waals surface area (Å²) in [5.74, 6) is 0.583. The van der Waals surface area contributed by atoms with Crippen LogP contribution in [0.15, 0.2) is 35.5 Å². The zero-order valence-electron chi connectivity index (χ0n) is 13.3. The number of fused-ring (bicyclic) bond motifs is 2. The first-order valence-electron chi connectivity index (χ1n) is 7.55. The molecule has 0 fully saturated rings. The van der Waals surface area contributed by atoms with Gasteiger partial charge in [-0.1, -0.05) is 0 Å². The predicted octanol–water partition coefficient (Wildman–Crippen LogP) is 2.16. The highest BCUT2D eigenvalue weighted by Crippen LogP contribution is 2.16. The molecular formula is C17H15N5O2. The molecule has 7 nitrogen and oxygen atoms in total. The zero-order chi connectivity index (χ0) is 16.8. The van der Waals surface area contributed by atoms with Crippen LogP contribution in [0.3, 0.4) is 0 Å². The first-order valence-corrected chi connectivity index (χ1v) is 7.55. The van der Waals surface area contributed by atoms with Crippen LogP contribution in [0.4, 0.5) is 0 Å². The second kappa shape index (κ2) is 5.16. The van der Waals surface area contributed by atoms with E-state index in [-0.39, 0.29) is 11.3 Å². The van der Waals surface area contributed by atoms with E-state index in [1.807, 2.05) is 13.0 Å². The van der Waals surface area contributed by atoms with Crippen molar-refractivity contribution in [1.29, 1.82) is 0 Å². The molecule has 0 unspecified atom stereocenters. The van der Waals surface area contributed by atoms with E-state index in [9.17, 15) is 9.59 Å². The molecule has 2 N–H and O–H groups in total. The Morgan fingerprint density at radius 2 is 2.21 bits per heavy atom. The quantitative estimate of drug-likeness (QED) is 0.565. The maximum Gasteiger partial charge on any atom is 0.275 e. The molecule has 4 rings (SSSR count). The van der Waals surface area contributed by atoms with Gasteiger partial charge in [-0.3, -0.25) is 9.59 Å². The third-order valence-corrected chi connectivity index (χ3v) is 4.04. The van der Waals surface area contributed by atoms with Gasteiger partial charge in [-0.15, -0.1) is 0 Å². The standard InChI is InChI=1S/C17H15N5O2/c1-9-5-13-16(19-6-9)21-14(20-13)8-22-4-3-11-12(10(2)23)7-18-15(11)17(22)24/h3-7,18H,8H2,1-2H3,(H,19,20,21). The molecule has 0 saturated carbocycles. The van der Waals surface area contributed by atoms with Crippen molar-refractivity contribution in [1.82, 2.24) is 24.5 Å². The summed E-state index contributed by atoms with van der Waals surface area (Å²) in [5, 5.41) is 0.644. The Labute approximate surface area is 136 Å². The summed E-state index contributed by atoms with van der Waals surface area (Å²) in [7, 11) is 0. The SMILES string of the molecule is CC(=O)c1c[nH]c2c(=O)n(Cc3nc4cc(C)cnc4[nH]3)ccc12. The van der Waals surface area contributed by atoms with Crippen molar-refractivity contribution in [2.24, 2.45) is 0 Å². The number of hydrogen-bond donors (Lipinski definition) is 2. The van der Waals surface area contributed by atoms with Crippen molar-refractivity contribution in [3.05, 3.63) is 58.0 Å². The van der Waals surface area contributed by atoms with Crippen LogP contribution in [0, 0.1) is 6.92 Å². The molecule has 0 amide bonds. The minimum Gasteiger partial charge on any atom is -0.356 e. The molecule has 0 spiro atoms. The Kier molecular flexibility index (Phi) is 3.09. The largest absolute Gasteiger partial charge is 0.356 e. The van der Waals surface area contributed by atoms with Crippen LogP contribution in [-0.2, 0) is 6.54 Å². The number of ketones is 1. The summed E-state index contributed by atoms with van der Waals surface area (Å²) >= 11 is 0. The van der Waals surface area contributed by atoms with Crippen LogP contribution >= 0.6 is 0 Å². The molecule has 0 bridgehead atoms. The fraction of sp³-hybridized carbons (Fsp3) is 0.176. The van der Waals surface area contributed by atoms with E-state index in [4.69, 9.17) is 0 Å². The van der Waals surface area contributed by atoms with Gasteiger partial charge in [-0.25, -0.2) is 9.97 Å². The molecule has 0 aliphatic heterocycles. The van der Waals surface area contributed by atoms with Gasteiger partial charge in [0.05, 0.1) is 6.54 Å². The first-order chi connectivity index (χ1) is 11.5. The number of aromatic amines is 2. The molecule has 4 aromatic rings. The Morgan fingerprint density at radius 3 is 3.00 bits per heavy atom. The molecule has 24 heavy (non-hydrogen) atoms. The average Bonchev–Trinajstić information content (AvgIpc) is 3.13. The van der Waals surface area contributed by atoms with Crippen molar-refractivity contribution >= 4 is 27.9 Å². The maximum absolute atomic E-state index is 12.6. The molecule has 0 radical (unpaired) electrons. The van der Waals surface area contributed by atoms with Crippen LogP contribution in [0.2, 0.25) is 0 Å². The number of carbonyl (C=O) groups excluding carboxylic acids is 1. The van der Waals surface area contributed by atoms with E-state index in [2.05, 4.69) is 19.9 Å². The second-order valence-corrected chi connectivity index (χ2v) is 5.86. The summed E-state index contributed by atoms with van der Waals surface area (Å²) in [6.45, 7) is 3.74. The summed E-state index contributed by atoms with van der Waals surface area (Å²) in [5.41, 5.74) is 3.26. The van der Waals surface area contributed by atoms with Crippen LogP contribution in [0.5, 0.6) is 0 Å². The summed E-state index contributed by atoms with van der Waals surface area (Å²) in [6, 6.07) is 3.72. The van der Waals surface area contributed by atoms with Gasteiger partial charge in [0.25, 0.3) is 5.56 Å². The van der Waals surface area contributed by atoms with E-state index in [0.717, 1.165) is 11.1 Å². The molecule has 0 atom stereocenters. The zero-order valence-corrected chi connectivity index (χ0v) is 13.3. The number of H-pyrrole nitrogens is 2. The molecule has 0 aromatic carbocycles. The van der Waals surface area contributed by atoms with Gasteiger partial charge in [-0.05, 0) is 31.5 Å². The third kappa shape index (κ3) is 2.21. The first kappa shape index (κ1) is 14.4. The van der Waals surface area contributed by atoms with Crippen LogP contribution in [-0.4, -0.2) is 30.3 Å². The minimum absolute atomic E-state index is 0.0721. The molecular weight excluding hydrogens is 306 g/mol. The Bertz CT molecular complexity index is 1150. The van der Waals surface area contributed by atoms with Gasteiger partial charge in [0.2, 0.25) is 0 Å². The maximum atomic E-state index is 12.6. The van der Waals surface area contributed by atoms with E-state index >= 15 is 0 Å². The number of aryl methyl sites for hydroxylation is 1. The van der Waals surface area contributed by atoms with Crippen LogP contribution in [0.1, 0.15) is 28.7 Å². The van der Waals surface area contributed by atoms with Crippen molar-refractivity contribution in [3.63, 3.8) is 0 Å². The number of hydrogen-bond acceptors (Lipinski definition) is 4. The van der Waals surface area contributed by atoms with Gasteiger partial charge in [-0.2, -0.15) is 0 Å². The van der Waals surface area contributed by atoms with Gasteiger partial charge < -0.3 is 14.5 Å². The van der Waals surface area contributed by atoms with E-state index in [1.165, 1.54) is 6.92 Å². The average molecular weight is 321 g/mol. The number of nitrogens with zero attached hydrogens (tertiary/aromatic N) is 3. The number of aromatic nitrogens is 5. The number of imidazole rings is 1. The Hall–Kier alpha value is -3.22. The molecule has 0 aliphatic rings. The second-order valence-electron chi connectivity index (χ2n) is 5.86. The van der Waals surface area contributed by atoms with Gasteiger partial charge in [0, 0.05) is 29.5 Å². The number of Topliss-reactive ketones (excluding diaryl/α,β-unsaturated/α-hetero) is 1. The lowest BCUT2D eigenvalue weighted by atomic mass is 10.1. The highest BCUT2D eigenvalue weighted by molar-refractivity contribution is 6.06. The monoisotopic (exact) mass is 321 g/mol. The smallest absolute Gasteiger partial charge is 0.275 e. The normalized spacial score (nSPS) is 11.4. The highest BCUT2D eigenvalue weighted by Gasteiger charge is 2.13. The molecule has 4 heterocycles. The van der Waals surface area contributed by atoms with Crippen molar-refractivity contribution in [2.75, 3.05) is 0 Å². The van der Waals surface area contributed by atoms with Gasteiger partial charge in [0.15, 0.2) is 11.4 Å². The topological polar surface area (TPSA) is 96.4 Å². The number of nitrogens with one attached hydrogen (secondary N) is 2. The van der Waals surface area contributed by atoms with Crippen molar-refractivity contribution in [2.45, 2.75) is 20.4 Å². The van der Waals surface area contributed by atoms with Crippen molar-refractivity contribution in [3.8, 4) is 0 Å². The molecule has 120 valence electrons. The molecule has 0 saturated heterocycles. The summed E-state index contributed by atoms with van der Waals surface area (Å²) in [6.07, 6.45) is 5.02. The summed E-state index contributed by atoms with van der Waals surface area (Å²) in [4.78, 5) is 39.0.